The van der Waals surface area contributed by atoms with Crippen molar-refractivity contribution < 1.29 is 9.59 Å². The van der Waals surface area contributed by atoms with E-state index >= 15 is 0 Å². The molecule has 124 valence electrons. The molecule has 0 bridgehead atoms. The van der Waals surface area contributed by atoms with E-state index in [9.17, 15) is 9.59 Å². The van der Waals surface area contributed by atoms with Crippen molar-refractivity contribution in [1.29, 1.82) is 0 Å². The predicted molar refractivity (Wildman–Crippen MR) is 96.0 cm³/mol. The van der Waals surface area contributed by atoms with Crippen LogP contribution in [0.4, 0.5) is 0 Å². The van der Waals surface area contributed by atoms with Crippen LogP contribution in [0.15, 0.2) is 47.6 Å². The maximum Gasteiger partial charge on any atom is 0.259 e. The van der Waals surface area contributed by atoms with Crippen molar-refractivity contribution in [1.82, 2.24) is 10.7 Å². The third-order valence-electron chi connectivity index (χ3n) is 2.88. The van der Waals surface area contributed by atoms with Gasteiger partial charge in [0.05, 0.1) is 22.8 Å². The highest BCUT2D eigenvalue weighted by Gasteiger charge is 2.08. The number of hydrazone groups is 1. The van der Waals surface area contributed by atoms with Gasteiger partial charge in [0.2, 0.25) is 0 Å². The summed E-state index contributed by atoms with van der Waals surface area (Å²) in [5, 5.41) is 7.49. The standard InChI is InChI=1S/C16H12Cl3N3O2/c17-11-4-1-3-10(7-11)16(24)20-9-15(23)22-21-8-12-13(18)5-2-6-14(12)19/h1-8H,9H2,(H,20,24)(H,22,23)/b21-8-. The molecule has 0 aromatic heterocycles. The maximum atomic E-state index is 11.9. The molecule has 0 aliphatic rings. The van der Waals surface area contributed by atoms with Gasteiger partial charge < -0.3 is 5.32 Å². The van der Waals surface area contributed by atoms with Gasteiger partial charge in [-0.25, -0.2) is 5.43 Å². The van der Waals surface area contributed by atoms with Gasteiger partial charge in [0.25, 0.3) is 11.8 Å². The summed E-state index contributed by atoms with van der Waals surface area (Å²) in [6.07, 6.45) is 1.33. The Bertz CT molecular complexity index is 774. The molecule has 0 saturated carbocycles. The lowest BCUT2D eigenvalue weighted by Gasteiger charge is -2.05. The summed E-state index contributed by atoms with van der Waals surface area (Å²) in [6, 6.07) is 11.4. The van der Waals surface area contributed by atoms with Crippen LogP contribution in [0.1, 0.15) is 15.9 Å². The van der Waals surface area contributed by atoms with Gasteiger partial charge in [0.15, 0.2) is 0 Å². The molecule has 0 heterocycles. The first kappa shape index (κ1) is 18.3. The Morgan fingerprint density at radius 1 is 1.04 bits per heavy atom. The Hall–Kier alpha value is -2.08. The minimum absolute atomic E-state index is 0.237. The topological polar surface area (TPSA) is 70.6 Å². The molecule has 2 rings (SSSR count). The molecule has 0 saturated heterocycles. The highest BCUT2D eigenvalue weighted by Crippen LogP contribution is 2.21. The van der Waals surface area contributed by atoms with Crippen molar-refractivity contribution in [2.45, 2.75) is 0 Å². The third-order valence-corrected chi connectivity index (χ3v) is 3.77. The molecule has 8 heteroatoms. The Balaban J connectivity index is 1.85. The Kier molecular flexibility index (Phi) is 6.61. The second kappa shape index (κ2) is 8.68. The molecule has 24 heavy (non-hydrogen) atoms. The van der Waals surface area contributed by atoms with Crippen molar-refractivity contribution in [2.75, 3.05) is 6.54 Å². The van der Waals surface area contributed by atoms with E-state index in [0.717, 1.165) is 0 Å². The summed E-state index contributed by atoms with van der Waals surface area (Å²) in [4.78, 5) is 23.5. The summed E-state index contributed by atoms with van der Waals surface area (Å²) in [7, 11) is 0. The van der Waals surface area contributed by atoms with Gasteiger partial charge in [-0.05, 0) is 30.3 Å². The van der Waals surface area contributed by atoms with Crippen LogP contribution >= 0.6 is 34.8 Å². The second-order valence-corrected chi connectivity index (χ2v) is 5.87. The molecule has 2 aromatic carbocycles. The van der Waals surface area contributed by atoms with Gasteiger partial charge in [0, 0.05) is 16.1 Å². The van der Waals surface area contributed by atoms with E-state index in [0.29, 0.717) is 26.2 Å². The Morgan fingerprint density at radius 2 is 1.71 bits per heavy atom. The number of nitrogens with zero attached hydrogens (tertiary/aromatic N) is 1. The normalized spacial score (nSPS) is 10.6. The number of hydrogen-bond acceptors (Lipinski definition) is 3. The van der Waals surface area contributed by atoms with Crippen molar-refractivity contribution >= 4 is 52.8 Å². The Morgan fingerprint density at radius 3 is 2.38 bits per heavy atom. The summed E-state index contributed by atoms with van der Waals surface area (Å²) >= 11 is 17.7. The largest absolute Gasteiger partial charge is 0.343 e. The van der Waals surface area contributed by atoms with Crippen molar-refractivity contribution in [2.24, 2.45) is 5.10 Å². The number of amides is 2. The number of rotatable bonds is 5. The van der Waals surface area contributed by atoms with Crippen LogP contribution in [0.25, 0.3) is 0 Å². The third kappa shape index (κ3) is 5.23. The molecule has 2 amide bonds. The van der Waals surface area contributed by atoms with Crippen LogP contribution in [0.3, 0.4) is 0 Å². The van der Waals surface area contributed by atoms with Gasteiger partial charge in [-0.2, -0.15) is 5.10 Å². The van der Waals surface area contributed by atoms with Crippen molar-refractivity contribution in [3.8, 4) is 0 Å². The molecule has 5 nitrogen and oxygen atoms in total. The number of hydrogen-bond donors (Lipinski definition) is 2. The summed E-state index contributed by atoms with van der Waals surface area (Å²) in [6.45, 7) is -0.237. The molecule has 2 N–H and O–H groups in total. The number of carbonyl (C=O) groups excluding carboxylic acids is 2. The van der Waals surface area contributed by atoms with Crippen LogP contribution in [-0.4, -0.2) is 24.6 Å². The lowest BCUT2D eigenvalue weighted by molar-refractivity contribution is -0.120. The highest BCUT2D eigenvalue weighted by atomic mass is 35.5. The number of carbonyl (C=O) groups is 2. The van der Waals surface area contributed by atoms with Crippen LogP contribution in [-0.2, 0) is 4.79 Å². The first-order valence-corrected chi connectivity index (χ1v) is 7.90. The monoisotopic (exact) mass is 383 g/mol. The van der Waals surface area contributed by atoms with Gasteiger partial charge in [-0.15, -0.1) is 0 Å². The van der Waals surface area contributed by atoms with Gasteiger partial charge >= 0.3 is 0 Å². The highest BCUT2D eigenvalue weighted by molar-refractivity contribution is 6.38. The Labute approximate surface area is 153 Å². The smallest absolute Gasteiger partial charge is 0.259 e. The zero-order valence-electron chi connectivity index (χ0n) is 12.2. The van der Waals surface area contributed by atoms with Gasteiger partial charge in [-0.1, -0.05) is 46.9 Å². The molecule has 0 fully saturated rings. The number of nitrogens with one attached hydrogen (secondary N) is 2. The van der Waals surface area contributed by atoms with E-state index in [4.69, 9.17) is 34.8 Å². The first-order chi connectivity index (χ1) is 11.5. The van der Waals surface area contributed by atoms with Crippen LogP contribution < -0.4 is 10.7 Å². The van der Waals surface area contributed by atoms with Gasteiger partial charge in [-0.3, -0.25) is 9.59 Å². The van der Waals surface area contributed by atoms with Crippen molar-refractivity contribution in [3.63, 3.8) is 0 Å². The fourth-order valence-electron chi connectivity index (χ4n) is 1.73. The molecule has 0 unspecified atom stereocenters. The first-order valence-electron chi connectivity index (χ1n) is 6.77. The molecular weight excluding hydrogens is 373 g/mol. The molecule has 0 spiro atoms. The fraction of sp³-hybridized carbons (Fsp3) is 0.0625. The predicted octanol–water partition coefficient (Wildman–Crippen LogP) is 3.53. The van der Waals surface area contributed by atoms with Crippen LogP contribution in [0.2, 0.25) is 15.1 Å². The zero-order valence-corrected chi connectivity index (χ0v) is 14.5. The average molecular weight is 385 g/mol. The van der Waals surface area contributed by atoms with E-state index in [1.807, 2.05) is 0 Å². The minimum atomic E-state index is -0.496. The lowest BCUT2D eigenvalue weighted by Crippen LogP contribution is -2.34. The van der Waals surface area contributed by atoms with E-state index < -0.39 is 11.8 Å². The summed E-state index contributed by atoms with van der Waals surface area (Å²) in [5.41, 5.74) is 3.13. The molecule has 0 aliphatic heterocycles. The molecule has 0 aliphatic carbocycles. The summed E-state index contributed by atoms with van der Waals surface area (Å²) < 4.78 is 0. The van der Waals surface area contributed by atoms with Crippen LogP contribution in [0.5, 0.6) is 0 Å². The molecular formula is C16H12Cl3N3O2. The molecule has 2 aromatic rings. The van der Waals surface area contributed by atoms with E-state index in [1.165, 1.54) is 12.3 Å². The van der Waals surface area contributed by atoms with E-state index in [-0.39, 0.29) is 6.54 Å². The van der Waals surface area contributed by atoms with Crippen molar-refractivity contribution in [3.05, 3.63) is 68.7 Å². The minimum Gasteiger partial charge on any atom is -0.343 e. The lowest BCUT2D eigenvalue weighted by atomic mass is 10.2. The SMILES string of the molecule is O=C(CNC(=O)c1cccc(Cl)c1)N/N=C\c1c(Cl)cccc1Cl. The molecule has 0 radical (unpaired) electrons. The maximum absolute atomic E-state index is 11.9. The zero-order chi connectivity index (χ0) is 17.5. The van der Waals surface area contributed by atoms with Gasteiger partial charge in [0.1, 0.15) is 0 Å². The quantitative estimate of drug-likeness (QED) is 0.611. The van der Waals surface area contributed by atoms with E-state index in [1.54, 1.807) is 36.4 Å². The number of benzene rings is 2. The van der Waals surface area contributed by atoms with Crippen LogP contribution in [0, 0.1) is 0 Å². The fourth-order valence-corrected chi connectivity index (χ4v) is 2.42. The second-order valence-electron chi connectivity index (χ2n) is 4.62. The number of halogens is 3. The average Bonchev–Trinajstić information content (AvgIpc) is 2.55. The van der Waals surface area contributed by atoms with E-state index in [2.05, 4.69) is 15.8 Å². The molecule has 0 atom stereocenters. The summed E-state index contributed by atoms with van der Waals surface area (Å²) in [5.74, 6) is -0.907.